The Hall–Kier alpha value is -1.38. The van der Waals surface area contributed by atoms with Crippen molar-refractivity contribution in [3.63, 3.8) is 0 Å². The average molecular weight is 250 g/mol. The molecule has 0 heterocycles. The van der Waals surface area contributed by atoms with Gasteiger partial charge in [-0.2, -0.15) is 0 Å². The first-order chi connectivity index (χ1) is 8.27. The molecule has 17 heavy (non-hydrogen) atoms. The van der Waals surface area contributed by atoms with Crippen LogP contribution in [0.4, 0.5) is 4.39 Å². The number of nitrogens with one attached hydrogen (secondary N) is 1. The van der Waals surface area contributed by atoms with E-state index in [2.05, 4.69) is 5.32 Å². The summed E-state index contributed by atoms with van der Waals surface area (Å²) in [6.45, 7) is 1.13. The fraction of sp³-hybridized carbons (Fsp3) is 0.143. The van der Waals surface area contributed by atoms with Crippen LogP contribution in [0.1, 0.15) is 11.1 Å². The largest absolute Gasteiger partial charge is 0.308 e. The van der Waals surface area contributed by atoms with Crippen molar-refractivity contribution in [1.82, 2.24) is 5.32 Å². The van der Waals surface area contributed by atoms with E-state index in [1.165, 1.54) is 11.6 Å². The zero-order valence-electron chi connectivity index (χ0n) is 9.29. The van der Waals surface area contributed by atoms with Crippen LogP contribution in [0.15, 0.2) is 48.5 Å². The van der Waals surface area contributed by atoms with Gasteiger partial charge in [-0.05, 0) is 17.7 Å². The maximum absolute atomic E-state index is 13.5. The topological polar surface area (TPSA) is 12.0 Å². The molecule has 1 N–H and O–H groups in total. The van der Waals surface area contributed by atoms with Gasteiger partial charge in [0.2, 0.25) is 0 Å². The normalized spacial score (nSPS) is 10.5. The van der Waals surface area contributed by atoms with Gasteiger partial charge in [0.25, 0.3) is 0 Å². The van der Waals surface area contributed by atoms with Crippen LogP contribution >= 0.6 is 11.6 Å². The Balaban J connectivity index is 1.95. The second-order valence-corrected chi connectivity index (χ2v) is 4.20. The first-order valence-corrected chi connectivity index (χ1v) is 5.82. The van der Waals surface area contributed by atoms with E-state index in [-0.39, 0.29) is 5.82 Å². The highest BCUT2D eigenvalue weighted by atomic mass is 35.5. The molecule has 0 aliphatic carbocycles. The first kappa shape index (κ1) is 12.1. The van der Waals surface area contributed by atoms with Crippen molar-refractivity contribution in [3.8, 4) is 0 Å². The molecule has 0 spiro atoms. The van der Waals surface area contributed by atoms with Crippen molar-refractivity contribution in [2.75, 3.05) is 0 Å². The molecule has 2 rings (SSSR count). The van der Waals surface area contributed by atoms with Crippen LogP contribution in [-0.4, -0.2) is 0 Å². The van der Waals surface area contributed by atoms with Crippen LogP contribution in [0.5, 0.6) is 0 Å². The summed E-state index contributed by atoms with van der Waals surface area (Å²) in [6, 6.07) is 14.7. The Kier molecular flexibility index (Phi) is 4.13. The zero-order valence-corrected chi connectivity index (χ0v) is 10.0. The lowest BCUT2D eigenvalue weighted by molar-refractivity contribution is 0.588. The molecule has 0 radical (unpaired) electrons. The molecule has 0 saturated carbocycles. The molecule has 0 unspecified atom stereocenters. The minimum atomic E-state index is -0.266. The molecule has 3 heteroatoms. The number of halogens is 2. The van der Waals surface area contributed by atoms with E-state index >= 15 is 0 Å². The van der Waals surface area contributed by atoms with Gasteiger partial charge in [-0.15, -0.1) is 0 Å². The summed E-state index contributed by atoms with van der Waals surface area (Å²) in [5, 5.41) is 3.64. The quantitative estimate of drug-likeness (QED) is 0.870. The minimum absolute atomic E-state index is 0.266. The van der Waals surface area contributed by atoms with E-state index < -0.39 is 0 Å². The molecule has 0 aliphatic heterocycles. The maximum Gasteiger partial charge on any atom is 0.129 e. The molecule has 0 aromatic heterocycles. The van der Waals surface area contributed by atoms with Gasteiger partial charge in [0.1, 0.15) is 5.82 Å². The van der Waals surface area contributed by atoms with E-state index in [1.54, 1.807) is 12.1 Å². The van der Waals surface area contributed by atoms with Gasteiger partial charge >= 0.3 is 0 Å². The van der Waals surface area contributed by atoms with E-state index in [0.29, 0.717) is 23.7 Å². The molecular weight excluding hydrogens is 237 g/mol. The monoisotopic (exact) mass is 249 g/mol. The number of hydrogen-bond donors (Lipinski definition) is 1. The Morgan fingerprint density at radius 2 is 1.71 bits per heavy atom. The Bertz CT molecular complexity index is 465. The highest BCUT2D eigenvalue weighted by molar-refractivity contribution is 6.31. The fourth-order valence-corrected chi connectivity index (χ4v) is 1.86. The van der Waals surface area contributed by atoms with E-state index in [9.17, 15) is 4.39 Å². The van der Waals surface area contributed by atoms with Gasteiger partial charge in [0.05, 0.1) is 0 Å². The molecule has 2 aromatic carbocycles. The van der Waals surface area contributed by atoms with E-state index in [0.717, 1.165) is 0 Å². The number of hydrogen-bond acceptors (Lipinski definition) is 1. The van der Waals surface area contributed by atoms with Gasteiger partial charge < -0.3 is 5.32 Å². The third-order valence-electron chi connectivity index (χ3n) is 2.54. The summed E-state index contributed by atoms with van der Waals surface area (Å²) in [6.07, 6.45) is 0. The van der Waals surface area contributed by atoms with Gasteiger partial charge in [-0.3, -0.25) is 0 Å². The summed E-state index contributed by atoms with van der Waals surface area (Å²) in [5.41, 5.74) is 1.69. The highest BCUT2D eigenvalue weighted by Gasteiger charge is 2.05. The zero-order chi connectivity index (χ0) is 12.1. The van der Waals surface area contributed by atoms with Crippen molar-refractivity contribution in [2.45, 2.75) is 13.1 Å². The van der Waals surface area contributed by atoms with Crippen molar-refractivity contribution in [3.05, 3.63) is 70.5 Å². The minimum Gasteiger partial charge on any atom is -0.308 e. The third kappa shape index (κ3) is 3.29. The lowest BCUT2D eigenvalue weighted by atomic mass is 10.2. The Morgan fingerprint density at radius 1 is 0.941 bits per heavy atom. The molecule has 1 nitrogen and oxygen atoms in total. The molecule has 0 fully saturated rings. The van der Waals surface area contributed by atoms with Crippen molar-refractivity contribution in [2.24, 2.45) is 0 Å². The van der Waals surface area contributed by atoms with Crippen molar-refractivity contribution < 1.29 is 4.39 Å². The summed E-state index contributed by atoms with van der Waals surface area (Å²) in [7, 11) is 0. The number of benzene rings is 2. The number of rotatable bonds is 4. The van der Waals surface area contributed by atoms with Crippen LogP contribution in [0.3, 0.4) is 0 Å². The first-order valence-electron chi connectivity index (χ1n) is 5.45. The van der Waals surface area contributed by atoms with Crippen LogP contribution in [0, 0.1) is 5.82 Å². The second kappa shape index (κ2) is 5.80. The van der Waals surface area contributed by atoms with Crippen molar-refractivity contribution >= 4 is 11.6 Å². The van der Waals surface area contributed by atoms with E-state index in [4.69, 9.17) is 11.6 Å². The van der Waals surface area contributed by atoms with Crippen LogP contribution in [-0.2, 0) is 13.1 Å². The summed E-state index contributed by atoms with van der Waals surface area (Å²) < 4.78 is 13.5. The molecule has 2 aromatic rings. The Labute approximate surface area is 105 Å². The molecule has 0 atom stereocenters. The maximum atomic E-state index is 13.5. The standard InChI is InChI=1S/C14H13ClFN/c15-13-7-4-8-14(16)12(13)10-17-9-11-5-2-1-3-6-11/h1-8,17H,9-10H2. The Morgan fingerprint density at radius 3 is 2.41 bits per heavy atom. The lowest BCUT2D eigenvalue weighted by Crippen LogP contribution is -2.14. The SMILES string of the molecule is Fc1cccc(Cl)c1CNCc1ccccc1. The summed E-state index contributed by atoms with van der Waals surface area (Å²) in [5.74, 6) is -0.266. The van der Waals surface area contributed by atoms with Gasteiger partial charge in [-0.1, -0.05) is 48.0 Å². The molecular formula is C14H13ClFN. The van der Waals surface area contributed by atoms with Crippen LogP contribution in [0.2, 0.25) is 5.02 Å². The van der Waals surface area contributed by atoms with Crippen LogP contribution in [0.25, 0.3) is 0 Å². The smallest absolute Gasteiger partial charge is 0.129 e. The summed E-state index contributed by atoms with van der Waals surface area (Å²) in [4.78, 5) is 0. The molecule has 0 saturated heterocycles. The van der Waals surface area contributed by atoms with E-state index in [1.807, 2.05) is 30.3 Å². The molecule has 0 aliphatic rings. The van der Waals surface area contributed by atoms with Crippen LogP contribution < -0.4 is 5.32 Å². The lowest BCUT2D eigenvalue weighted by Gasteiger charge is -2.07. The predicted molar refractivity (Wildman–Crippen MR) is 68.4 cm³/mol. The second-order valence-electron chi connectivity index (χ2n) is 3.79. The average Bonchev–Trinajstić information content (AvgIpc) is 2.34. The predicted octanol–water partition coefficient (Wildman–Crippen LogP) is 3.77. The third-order valence-corrected chi connectivity index (χ3v) is 2.89. The molecule has 0 bridgehead atoms. The van der Waals surface area contributed by atoms with Gasteiger partial charge in [-0.25, -0.2) is 4.39 Å². The van der Waals surface area contributed by atoms with Gasteiger partial charge in [0, 0.05) is 23.7 Å². The van der Waals surface area contributed by atoms with Gasteiger partial charge in [0.15, 0.2) is 0 Å². The fourth-order valence-electron chi connectivity index (χ4n) is 1.63. The highest BCUT2D eigenvalue weighted by Crippen LogP contribution is 2.18. The molecule has 0 amide bonds. The summed E-state index contributed by atoms with van der Waals surface area (Å²) >= 11 is 5.93. The molecule has 88 valence electrons. The van der Waals surface area contributed by atoms with Crippen molar-refractivity contribution in [1.29, 1.82) is 0 Å².